The highest BCUT2D eigenvalue weighted by molar-refractivity contribution is 8.00. The Hall–Kier alpha value is -2.87. The van der Waals surface area contributed by atoms with Gasteiger partial charge in [0.1, 0.15) is 6.61 Å². The monoisotopic (exact) mass is 468 g/mol. The molecule has 1 atom stereocenters. The number of hydrogen-bond donors (Lipinski definition) is 0. The summed E-state index contributed by atoms with van der Waals surface area (Å²) >= 11 is 1.38. The molecule has 8 heteroatoms. The SMILES string of the molecule is C[C@H](Sc1nnc(COc2ccccc2F)n1-c1ccccc1)C(=O)N(C)C1CCCCC1. The van der Waals surface area contributed by atoms with Gasteiger partial charge in [-0.1, -0.05) is 61.4 Å². The summed E-state index contributed by atoms with van der Waals surface area (Å²) in [7, 11) is 1.91. The summed E-state index contributed by atoms with van der Waals surface area (Å²) in [6.45, 7) is 1.96. The third-order valence-corrected chi connectivity index (χ3v) is 7.04. The molecule has 1 heterocycles. The lowest BCUT2D eigenvalue weighted by Gasteiger charge is -2.32. The molecule has 1 fully saturated rings. The normalized spacial score (nSPS) is 15.2. The van der Waals surface area contributed by atoms with Gasteiger partial charge in [0.15, 0.2) is 22.5 Å². The first-order valence-corrected chi connectivity index (χ1v) is 12.2. The molecule has 0 aliphatic heterocycles. The second-order valence-corrected chi connectivity index (χ2v) is 9.60. The predicted molar refractivity (Wildman–Crippen MR) is 127 cm³/mol. The molecule has 0 unspecified atom stereocenters. The predicted octanol–water partition coefficient (Wildman–Crippen LogP) is 5.26. The van der Waals surface area contributed by atoms with Crippen molar-refractivity contribution < 1.29 is 13.9 Å². The minimum absolute atomic E-state index is 0.0493. The third-order valence-electron chi connectivity index (χ3n) is 6.01. The van der Waals surface area contributed by atoms with E-state index in [-0.39, 0.29) is 23.5 Å². The number of amides is 1. The van der Waals surface area contributed by atoms with E-state index in [1.165, 1.54) is 37.1 Å². The van der Waals surface area contributed by atoms with Crippen LogP contribution in [0.3, 0.4) is 0 Å². The Labute approximate surface area is 198 Å². The Morgan fingerprint density at radius 2 is 1.82 bits per heavy atom. The van der Waals surface area contributed by atoms with Crippen molar-refractivity contribution in [1.82, 2.24) is 19.7 Å². The van der Waals surface area contributed by atoms with Gasteiger partial charge in [-0.25, -0.2) is 4.39 Å². The zero-order valence-corrected chi connectivity index (χ0v) is 19.8. The van der Waals surface area contributed by atoms with Crippen LogP contribution < -0.4 is 4.74 Å². The average molecular weight is 469 g/mol. The van der Waals surface area contributed by atoms with Crippen molar-refractivity contribution in [3.8, 4) is 11.4 Å². The van der Waals surface area contributed by atoms with Crippen molar-refractivity contribution in [2.24, 2.45) is 0 Å². The fraction of sp³-hybridized carbons (Fsp3) is 0.400. The molecule has 1 amide bonds. The molecule has 4 rings (SSSR count). The average Bonchev–Trinajstić information content (AvgIpc) is 3.25. The van der Waals surface area contributed by atoms with Gasteiger partial charge in [0.25, 0.3) is 0 Å². The molecule has 0 N–H and O–H groups in total. The molecular formula is C25H29FN4O2S. The van der Waals surface area contributed by atoms with Crippen molar-refractivity contribution in [1.29, 1.82) is 0 Å². The van der Waals surface area contributed by atoms with Gasteiger partial charge in [-0.05, 0) is 44.0 Å². The van der Waals surface area contributed by atoms with E-state index in [1.54, 1.807) is 18.2 Å². The second-order valence-electron chi connectivity index (χ2n) is 8.29. The number of rotatable bonds is 8. The summed E-state index contributed by atoms with van der Waals surface area (Å²) in [4.78, 5) is 15.0. The van der Waals surface area contributed by atoms with E-state index in [1.807, 2.05) is 53.8 Å². The Morgan fingerprint density at radius 3 is 2.55 bits per heavy atom. The van der Waals surface area contributed by atoms with E-state index in [4.69, 9.17) is 4.74 Å². The van der Waals surface area contributed by atoms with Crippen LogP contribution >= 0.6 is 11.8 Å². The van der Waals surface area contributed by atoms with Gasteiger partial charge in [-0.15, -0.1) is 10.2 Å². The number of carbonyl (C=O) groups is 1. The number of carbonyl (C=O) groups excluding carboxylic acids is 1. The second kappa shape index (κ2) is 10.8. The lowest BCUT2D eigenvalue weighted by atomic mass is 9.94. The topological polar surface area (TPSA) is 60.3 Å². The summed E-state index contributed by atoms with van der Waals surface area (Å²) < 4.78 is 21.6. The Balaban J connectivity index is 1.53. The van der Waals surface area contributed by atoms with E-state index >= 15 is 0 Å². The van der Waals surface area contributed by atoms with Gasteiger partial charge in [0.05, 0.1) is 5.25 Å². The fourth-order valence-corrected chi connectivity index (χ4v) is 5.14. The molecule has 0 saturated heterocycles. The molecule has 0 spiro atoms. The van der Waals surface area contributed by atoms with Crippen LogP contribution in [0.1, 0.15) is 44.9 Å². The number of hydrogen-bond acceptors (Lipinski definition) is 5. The summed E-state index contributed by atoms with van der Waals surface area (Å²) in [6.07, 6.45) is 5.74. The Kier molecular flexibility index (Phi) is 7.65. The maximum atomic E-state index is 14.0. The van der Waals surface area contributed by atoms with Crippen LogP contribution in [0.2, 0.25) is 0 Å². The van der Waals surface area contributed by atoms with Crippen LogP contribution in [0.4, 0.5) is 4.39 Å². The molecule has 1 aromatic heterocycles. The first-order chi connectivity index (χ1) is 16.0. The van der Waals surface area contributed by atoms with Crippen molar-refractivity contribution in [2.75, 3.05) is 7.05 Å². The van der Waals surface area contributed by atoms with Gasteiger partial charge < -0.3 is 9.64 Å². The molecule has 1 aliphatic carbocycles. The lowest BCUT2D eigenvalue weighted by molar-refractivity contribution is -0.131. The van der Waals surface area contributed by atoms with Crippen molar-refractivity contribution >= 4 is 17.7 Å². The number of nitrogens with zero attached hydrogens (tertiary/aromatic N) is 4. The maximum absolute atomic E-state index is 14.0. The lowest BCUT2D eigenvalue weighted by Crippen LogP contribution is -2.42. The summed E-state index contributed by atoms with van der Waals surface area (Å²) in [5.74, 6) is 0.362. The molecule has 6 nitrogen and oxygen atoms in total. The van der Waals surface area contributed by atoms with Crippen LogP contribution in [-0.2, 0) is 11.4 Å². The first-order valence-electron chi connectivity index (χ1n) is 11.3. The molecule has 2 aromatic carbocycles. The van der Waals surface area contributed by atoms with Crippen LogP contribution in [0.25, 0.3) is 5.69 Å². The minimum Gasteiger partial charge on any atom is -0.483 e. The van der Waals surface area contributed by atoms with Gasteiger partial charge >= 0.3 is 0 Å². The highest BCUT2D eigenvalue weighted by Crippen LogP contribution is 2.29. The zero-order chi connectivity index (χ0) is 23.2. The van der Waals surface area contributed by atoms with E-state index in [0.29, 0.717) is 17.0 Å². The molecule has 0 bridgehead atoms. The van der Waals surface area contributed by atoms with Crippen molar-refractivity contribution in [2.45, 2.75) is 62.1 Å². The van der Waals surface area contributed by atoms with Crippen molar-refractivity contribution in [3.05, 3.63) is 66.2 Å². The number of para-hydroxylation sites is 2. The maximum Gasteiger partial charge on any atom is 0.235 e. The summed E-state index contributed by atoms with van der Waals surface area (Å²) in [5, 5.41) is 8.94. The van der Waals surface area contributed by atoms with Gasteiger partial charge in [-0.2, -0.15) is 0 Å². The van der Waals surface area contributed by atoms with E-state index in [2.05, 4.69) is 10.2 Å². The smallest absolute Gasteiger partial charge is 0.235 e. The van der Waals surface area contributed by atoms with Gasteiger partial charge in [0.2, 0.25) is 5.91 Å². The van der Waals surface area contributed by atoms with E-state index < -0.39 is 5.82 Å². The largest absolute Gasteiger partial charge is 0.483 e. The van der Waals surface area contributed by atoms with Crippen LogP contribution in [0.5, 0.6) is 5.75 Å². The minimum atomic E-state index is -0.428. The van der Waals surface area contributed by atoms with E-state index in [9.17, 15) is 9.18 Å². The molecule has 33 heavy (non-hydrogen) atoms. The first kappa shape index (κ1) is 23.3. The Bertz CT molecular complexity index is 1070. The van der Waals surface area contributed by atoms with Gasteiger partial charge in [0, 0.05) is 18.8 Å². The molecule has 1 aliphatic rings. The van der Waals surface area contributed by atoms with Crippen LogP contribution in [0, 0.1) is 5.82 Å². The number of halogens is 1. The standard InChI is InChI=1S/C25H29FN4O2S/c1-18(24(31)29(2)19-11-5-3-6-12-19)33-25-28-27-23(30(25)20-13-7-4-8-14-20)17-32-22-16-10-9-15-21(22)26/h4,7-10,13-16,18-19H,3,5-6,11-12,17H2,1-2H3/t18-/m0/s1. The molecule has 3 aromatic rings. The highest BCUT2D eigenvalue weighted by Gasteiger charge is 2.28. The quantitative estimate of drug-likeness (QED) is 0.422. The van der Waals surface area contributed by atoms with Crippen LogP contribution in [-0.4, -0.2) is 43.9 Å². The van der Waals surface area contributed by atoms with Gasteiger partial charge in [-0.3, -0.25) is 9.36 Å². The molecule has 0 radical (unpaired) electrons. The molecule has 174 valence electrons. The van der Waals surface area contributed by atoms with Crippen LogP contribution in [0.15, 0.2) is 59.8 Å². The number of benzene rings is 2. The van der Waals surface area contributed by atoms with Crippen molar-refractivity contribution in [3.63, 3.8) is 0 Å². The highest BCUT2D eigenvalue weighted by atomic mass is 32.2. The molecular weight excluding hydrogens is 439 g/mol. The Morgan fingerprint density at radius 1 is 1.12 bits per heavy atom. The zero-order valence-electron chi connectivity index (χ0n) is 19.0. The summed E-state index contributed by atoms with van der Waals surface area (Å²) in [5.41, 5.74) is 0.859. The fourth-order valence-electron chi connectivity index (χ4n) is 4.15. The third kappa shape index (κ3) is 5.55. The number of thioether (sulfide) groups is 1. The number of aromatic nitrogens is 3. The number of ether oxygens (including phenoxy) is 1. The summed E-state index contributed by atoms with van der Waals surface area (Å²) in [6, 6.07) is 16.3. The molecule has 1 saturated carbocycles. The van der Waals surface area contributed by atoms with E-state index in [0.717, 1.165) is 18.5 Å².